The van der Waals surface area contributed by atoms with E-state index < -0.39 is 15.1 Å². The summed E-state index contributed by atoms with van der Waals surface area (Å²) in [6, 6.07) is 23.8. The lowest BCUT2D eigenvalue weighted by Gasteiger charge is -2.20. The van der Waals surface area contributed by atoms with Gasteiger partial charge in [-0.25, -0.2) is 8.42 Å². The van der Waals surface area contributed by atoms with Gasteiger partial charge in [0.05, 0.1) is 4.90 Å². The molecule has 2 heterocycles. The molecular weight excluding hydrogens is 476 g/mol. The highest BCUT2D eigenvalue weighted by Crippen LogP contribution is 2.32. The van der Waals surface area contributed by atoms with Crippen LogP contribution in [0.4, 0.5) is 11.4 Å². The van der Waals surface area contributed by atoms with E-state index in [0.717, 1.165) is 48.6 Å². The van der Waals surface area contributed by atoms with E-state index in [0.29, 0.717) is 4.90 Å². The lowest BCUT2D eigenvalue weighted by Crippen LogP contribution is -2.17. The van der Waals surface area contributed by atoms with Crippen molar-refractivity contribution >= 4 is 27.3 Å². The Morgan fingerprint density at radius 2 is 1.19 bits per heavy atom. The predicted molar refractivity (Wildman–Crippen MR) is 155 cm³/mol. The van der Waals surface area contributed by atoms with E-state index in [4.69, 9.17) is 0 Å². The first kappa shape index (κ1) is 25.3. The molecule has 0 aliphatic carbocycles. The Kier molecular flexibility index (Phi) is 7.80. The molecule has 5 heteroatoms. The molecule has 0 amide bonds. The van der Waals surface area contributed by atoms with Crippen molar-refractivity contribution in [1.82, 2.24) is 0 Å². The fourth-order valence-corrected chi connectivity index (χ4v) is 6.84. The van der Waals surface area contributed by atoms with Crippen molar-refractivity contribution in [3.05, 3.63) is 108 Å². The topological polar surface area (TPSA) is 40.6 Å². The standard InChI is InChI=1S/C32H36N2O2S/c1-26-10-20-31(21-11-26)37(35,36)32(28-14-18-30(19-15-28)34-24-6-7-25-34)9-3-2-8-27-12-16-29(17-13-27)33-22-4-5-23-33/h2-3,8-21,32H,4-7,22-25H2,1H3. The third kappa shape index (κ3) is 5.99. The fraction of sp³-hybridized carbons (Fsp3) is 0.312. The van der Waals surface area contributed by atoms with Crippen LogP contribution in [0, 0.1) is 6.92 Å². The van der Waals surface area contributed by atoms with Gasteiger partial charge in [0.1, 0.15) is 5.25 Å². The molecule has 2 aliphatic rings. The Morgan fingerprint density at radius 1 is 0.676 bits per heavy atom. The van der Waals surface area contributed by atoms with Crippen molar-refractivity contribution in [3.8, 4) is 0 Å². The summed E-state index contributed by atoms with van der Waals surface area (Å²) < 4.78 is 27.4. The van der Waals surface area contributed by atoms with E-state index in [9.17, 15) is 8.42 Å². The lowest BCUT2D eigenvalue weighted by atomic mass is 10.1. The predicted octanol–water partition coefficient (Wildman–Crippen LogP) is 6.98. The number of rotatable bonds is 8. The minimum atomic E-state index is -3.60. The van der Waals surface area contributed by atoms with E-state index in [1.807, 2.05) is 49.4 Å². The molecule has 0 aromatic heterocycles. The zero-order chi connectivity index (χ0) is 25.7. The monoisotopic (exact) mass is 512 g/mol. The number of benzene rings is 3. The Balaban J connectivity index is 1.37. The second-order valence-electron chi connectivity index (χ2n) is 10.1. The number of hydrogen-bond donors (Lipinski definition) is 0. The lowest BCUT2D eigenvalue weighted by molar-refractivity contribution is 0.590. The highest BCUT2D eigenvalue weighted by molar-refractivity contribution is 7.91. The summed E-state index contributed by atoms with van der Waals surface area (Å²) in [7, 11) is -3.60. The summed E-state index contributed by atoms with van der Waals surface area (Å²) in [5, 5.41) is -0.759. The first-order valence-electron chi connectivity index (χ1n) is 13.4. The van der Waals surface area contributed by atoms with Gasteiger partial charge in [-0.15, -0.1) is 0 Å². The van der Waals surface area contributed by atoms with Crippen molar-refractivity contribution in [2.75, 3.05) is 36.0 Å². The van der Waals surface area contributed by atoms with Crippen LogP contribution in [0.1, 0.15) is 47.6 Å². The average Bonchev–Trinajstić information content (AvgIpc) is 3.65. The largest absolute Gasteiger partial charge is 0.372 e. The molecule has 0 bridgehead atoms. The van der Waals surface area contributed by atoms with E-state index in [-0.39, 0.29) is 0 Å². The van der Waals surface area contributed by atoms with Crippen molar-refractivity contribution in [2.24, 2.45) is 0 Å². The van der Waals surface area contributed by atoms with E-state index in [1.165, 1.54) is 31.4 Å². The third-order valence-electron chi connectivity index (χ3n) is 7.43. The second kappa shape index (κ2) is 11.4. The van der Waals surface area contributed by atoms with Crippen LogP contribution in [0.15, 0.2) is 95.9 Å². The molecule has 0 saturated carbocycles. The summed E-state index contributed by atoms with van der Waals surface area (Å²) >= 11 is 0. The zero-order valence-electron chi connectivity index (χ0n) is 21.6. The molecule has 0 spiro atoms. The van der Waals surface area contributed by atoms with Crippen LogP contribution in [-0.2, 0) is 9.84 Å². The van der Waals surface area contributed by atoms with Gasteiger partial charge < -0.3 is 9.80 Å². The molecule has 2 aliphatic heterocycles. The number of anilines is 2. The number of aryl methyl sites for hydroxylation is 1. The van der Waals surface area contributed by atoms with Gasteiger partial charge in [-0.3, -0.25) is 0 Å². The Labute approximate surface area is 221 Å². The molecule has 3 aromatic carbocycles. The number of allylic oxidation sites excluding steroid dienone is 2. The maximum absolute atomic E-state index is 13.7. The number of hydrogen-bond acceptors (Lipinski definition) is 4. The first-order valence-corrected chi connectivity index (χ1v) is 14.9. The Morgan fingerprint density at radius 3 is 1.73 bits per heavy atom. The highest BCUT2D eigenvalue weighted by Gasteiger charge is 2.27. The fourth-order valence-electron chi connectivity index (χ4n) is 5.22. The van der Waals surface area contributed by atoms with Gasteiger partial charge in [0, 0.05) is 37.6 Å². The van der Waals surface area contributed by atoms with Crippen molar-refractivity contribution in [3.63, 3.8) is 0 Å². The minimum absolute atomic E-state index is 0.345. The van der Waals surface area contributed by atoms with Crippen LogP contribution < -0.4 is 9.80 Å². The molecule has 37 heavy (non-hydrogen) atoms. The SMILES string of the molecule is Cc1ccc(S(=O)(=O)C(C=CC=Cc2ccc(N3CCCC3)cc2)c2ccc(N3CCCC3)cc2)cc1. The van der Waals surface area contributed by atoms with E-state index in [1.54, 1.807) is 18.2 Å². The van der Waals surface area contributed by atoms with Gasteiger partial charge in [-0.05, 0) is 80.1 Å². The molecule has 1 atom stereocenters. The molecule has 1 unspecified atom stereocenters. The smallest absolute Gasteiger partial charge is 0.188 e. The van der Waals surface area contributed by atoms with Crippen LogP contribution in [0.5, 0.6) is 0 Å². The molecule has 0 radical (unpaired) electrons. The van der Waals surface area contributed by atoms with E-state index in [2.05, 4.69) is 46.2 Å². The van der Waals surface area contributed by atoms with Crippen LogP contribution in [0.3, 0.4) is 0 Å². The summed E-state index contributed by atoms with van der Waals surface area (Å²) in [5.74, 6) is 0. The van der Waals surface area contributed by atoms with Crippen LogP contribution in [0.2, 0.25) is 0 Å². The Hall–Kier alpha value is -3.31. The number of sulfone groups is 1. The summed E-state index contributed by atoms with van der Waals surface area (Å²) in [4.78, 5) is 5.13. The summed E-state index contributed by atoms with van der Waals surface area (Å²) in [5.41, 5.74) is 5.35. The van der Waals surface area contributed by atoms with E-state index >= 15 is 0 Å². The molecule has 2 saturated heterocycles. The maximum Gasteiger partial charge on any atom is 0.188 e. The minimum Gasteiger partial charge on any atom is -0.372 e. The molecule has 0 N–H and O–H groups in total. The van der Waals surface area contributed by atoms with Crippen LogP contribution in [0.25, 0.3) is 6.08 Å². The van der Waals surface area contributed by atoms with Gasteiger partial charge in [0.25, 0.3) is 0 Å². The molecule has 4 nitrogen and oxygen atoms in total. The zero-order valence-corrected chi connectivity index (χ0v) is 22.4. The number of nitrogens with zero attached hydrogens (tertiary/aromatic N) is 2. The van der Waals surface area contributed by atoms with Crippen LogP contribution in [-0.4, -0.2) is 34.6 Å². The summed E-state index contributed by atoms with van der Waals surface area (Å²) in [6.45, 7) is 6.36. The van der Waals surface area contributed by atoms with Gasteiger partial charge in [0.15, 0.2) is 9.84 Å². The molecular formula is C32H36N2O2S. The quantitative estimate of drug-likeness (QED) is 0.305. The van der Waals surface area contributed by atoms with Crippen LogP contribution >= 0.6 is 0 Å². The molecule has 192 valence electrons. The highest BCUT2D eigenvalue weighted by atomic mass is 32.2. The van der Waals surface area contributed by atoms with Gasteiger partial charge in [0.2, 0.25) is 0 Å². The molecule has 2 fully saturated rings. The first-order chi connectivity index (χ1) is 18.0. The van der Waals surface area contributed by atoms with Crippen molar-refractivity contribution in [2.45, 2.75) is 42.8 Å². The molecule has 5 rings (SSSR count). The van der Waals surface area contributed by atoms with Gasteiger partial charge in [-0.2, -0.15) is 0 Å². The maximum atomic E-state index is 13.7. The summed E-state index contributed by atoms with van der Waals surface area (Å²) in [6.07, 6.45) is 12.6. The molecule has 3 aromatic rings. The van der Waals surface area contributed by atoms with Gasteiger partial charge >= 0.3 is 0 Å². The average molecular weight is 513 g/mol. The second-order valence-corrected chi connectivity index (χ2v) is 12.2. The van der Waals surface area contributed by atoms with Gasteiger partial charge in [-0.1, -0.05) is 66.3 Å². The Bertz CT molecular complexity index is 1330. The van der Waals surface area contributed by atoms with Crippen molar-refractivity contribution in [1.29, 1.82) is 0 Å². The normalized spacial score (nSPS) is 17.3. The van der Waals surface area contributed by atoms with Crippen molar-refractivity contribution < 1.29 is 8.42 Å². The third-order valence-corrected chi connectivity index (χ3v) is 9.45.